The number of amides is 1. The lowest BCUT2D eigenvalue weighted by Crippen LogP contribution is -2.42. The fourth-order valence-electron chi connectivity index (χ4n) is 2.50. The highest BCUT2D eigenvalue weighted by Crippen LogP contribution is 2.17. The van der Waals surface area contributed by atoms with Crippen molar-refractivity contribution in [1.29, 1.82) is 0 Å². The van der Waals surface area contributed by atoms with Crippen LogP contribution in [0.3, 0.4) is 0 Å². The number of carbonyl (C=O) groups is 1. The summed E-state index contributed by atoms with van der Waals surface area (Å²) in [5.41, 5.74) is -0.184. The number of hydrogen-bond acceptors (Lipinski definition) is 2. The first-order valence-corrected chi connectivity index (χ1v) is 6.44. The molecule has 0 aliphatic carbocycles. The second kappa shape index (κ2) is 5.65. The molecule has 1 fully saturated rings. The van der Waals surface area contributed by atoms with E-state index in [-0.39, 0.29) is 11.6 Å². The standard InChI is InChI=1S/C14H18F2N2O/c1-10-9-17(2)7-4-8-18(10)14(19)11-5-3-6-12(15)13(11)16/h3,5-6,10H,4,7-9H2,1-2H3. The molecule has 1 aromatic rings. The van der Waals surface area contributed by atoms with Crippen LogP contribution >= 0.6 is 0 Å². The van der Waals surface area contributed by atoms with Crippen molar-refractivity contribution in [3.8, 4) is 0 Å². The minimum Gasteiger partial charge on any atom is -0.335 e. The van der Waals surface area contributed by atoms with Gasteiger partial charge in [-0.2, -0.15) is 0 Å². The van der Waals surface area contributed by atoms with Gasteiger partial charge in [0, 0.05) is 19.1 Å². The molecule has 3 nitrogen and oxygen atoms in total. The molecular formula is C14H18F2N2O. The molecule has 1 aromatic carbocycles. The average molecular weight is 268 g/mol. The van der Waals surface area contributed by atoms with Crippen molar-refractivity contribution in [3.63, 3.8) is 0 Å². The summed E-state index contributed by atoms with van der Waals surface area (Å²) in [5.74, 6) is -2.47. The highest BCUT2D eigenvalue weighted by atomic mass is 19.2. The normalized spacial score (nSPS) is 21.3. The van der Waals surface area contributed by atoms with Crippen molar-refractivity contribution in [2.24, 2.45) is 0 Å². The van der Waals surface area contributed by atoms with Crippen molar-refractivity contribution in [3.05, 3.63) is 35.4 Å². The Balaban J connectivity index is 2.25. The average Bonchev–Trinajstić information content (AvgIpc) is 2.53. The van der Waals surface area contributed by atoms with Gasteiger partial charge in [0.15, 0.2) is 11.6 Å². The van der Waals surface area contributed by atoms with Crippen LogP contribution in [0.4, 0.5) is 8.78 Å². The summed E-state index contributed by atoms with van der Waals surface area (Å²) >= 11 is 0. The first-order chi connectivity index (χ1) is 9.00. The van der Waals surface area contributed by atoms with Crippen LogP contribution in [0.5, 0.6) is 0 Å². The van der Waals surface area contributed by atoms with E-state index < -0.39 is 17.5 Å². The zero-order chi connectivity index (χ0) is 14.0. The molecule has 2 rings (SSSR count). The molecule has 1 heterocycles. The number of hydrogen-bond donors (Lipinski definition) is 0. The van der Waals surface area contributed by atoms with Gasteiger partial charge in [-0.25, -0.2) is 8.78 Å². The Morgan fingerprint density at radius 3 is 2.79 bits per heavy atom. The van der Waals surface area contributed by atoms with Gasteiger partial charge in [-0.05, 0) is 39.1 Å². The molecule has 0 N–H and O–H groups in total. The molecule has 5 heteroatoms. The van der Waals surface area contributed by atoms with Crippen molar-refractivity contribution in [2.75, 3.05) is 26.7 Å². The van der Waals surface area contributed by atoms with Gasteiger partial charge in [-0.3, -0.25) is 4.79 Å². The summed E-state index contributed by atoms with van der Waals surface area (Å²) in [6, 6.07) is 3.70. The van der Waals surface area contributed by atoms with E-state index in [1.165, 1.54) is 12.1 Å². The monoisotopic (exact) mass is 268 g/mol. The minimum absolute atomic E-state index is 0.0114. The Morgan fingerprint density at radius 2 is 2.05 bits per heavy atom. The van der Waals surface area contributed by atoms with E-state index in [4.69, 9.17) is 0 Å². The number of likely N-dealkylation sites (N-methyl/N-ethyl adjacent to an activating group) is 1. The van der Waals surface area contributed by atoms with Crippen LogP contribution in [0, 0.1) is 11.6 Å². The quantitative estimate of drug-likeness (QED) is 0.779. The van der Waals surface area contributed by atoms with Gasteiger partial charge in [-0.15, -0.1) is 0 Å². The van der Waals surface area contributed by atoms with Crippen molar-refractivity contribution < 1.29 is 13.6 Å². The Kier molecular flexibility index (Phi) is 4.14. The van der Waals surface area contributed by atoms with E-state index in [9.17, 15) is 13.6 Å². The third kappa shape index (κ3) is 2.92. The highest BCUT2D eigenvalue weighted by Gasteiger charge is 2.27. The summed E-state index contributed by atoms with van der Waals surface area (Å²) in [6.45, 7) is 4.14. The predicted molar refractivity (Wildman–Crippen MR) is 69.0 cm³/mol. The maximum Gasteiger partial charge on any atom is 0.257 e. The Bertz CT molecular complexity index is 479. The molecule has 1 saturated heterocycles. The molecule has 19 heavy (non-hydrogen) atoms. The fraction of sp³-hybridized carbons (Fsp3) is 0.500. The molecule has 0 radical (unpaired) electrons. The van der Waals surface area contributed by atoms with Crippen LogP contribution in [0.25, 0.3) is 0 Å². The van der Waals surface area contributed by atoms with Gasteiger partial charge in [0.2, 0.25) is 0 Å². The molecule has 1 amide bonds. The van der Waals surface area contributed by atoms with E-state index in [1.807, 2.05) is 14.0 Å². The molecule has 0 aromatic heterocycles. The molecule has 1 aliphatic rings. The van der Waals surface area contributed by atoms with Gasteiger partial charge in [-0.1, -0.05) is 6.07 Å². The van der Waals surface area contributed by atoms with E-state index in [1.54, 1.807) is 4.90 Å². The van der Waals surface area contributed by atoms with E-state index >= 15 is 0 Å². The molecule has 0 saturated carbocycles. The van der Waals surface area contributed by atoms with Crippen LogP contribution in [-0.2, 0) is 0 Å². The number of carbonyl (C=O) groups excluding carboxylic acids is 1. The lowest BCUT2D eigenvalue weighted by Gasteiger charge is -2.28. The zero-order valence-electron chi connectivity index (χ0n) is 11.2. The van der Waals surface area contributed by atoms with Crippen LogP contribution in [0.15, 0.2) is 18.2 Å². The lowest BCUT2D eigenvalue weighted by atomic mass is 10.1. The Morgan fingerprint density at radius 1 is 1.32 bits per heavy atom. The minimum atomic E-state index is -1.06. The van der Waals surface area contributed by atoms with Gasteiger partial charge in [0.25, 0.3) is 5.91 Å². The predicted octanol–water partition coefficient (Wildman–Crippen LogP) is 2.13. The van der Waals surface area contributed by atoms with E-state index in [0.717, 1.165) is 25.6 Å². The number of nitrogens with zero attached hydrogens (tertiary/aromatic N) is 2. The number of benzene rings is 1. The topological polar surface area (TPSA) is 23.6 Å². The van der Waals surface area contributed by atoms with Crippen LogP contribution in [-0.4, -0.2) is 48.4 Å². The lowest BCUT2D eigenvalue weighted by molar-refractivity contribution is 0.0690. The Labute approximate surface area is 111 Å². The Hall–Kier alpha value is -1.49. The molecule has 1 aliphatic heterocycles. The highest BCUT2D eigenvalue weighted by molar-refractivity contribution is 5.94. The van der Waals surface area contributed by atoms with Crippen LogP contribution < -0.4 is 0 Å². The summed E-state index contributed by atoms with van der Waals surface area (Å²) in [4.78, 5) is 16.1. The zero-order valence-corrected chi connectivity index (χ0v) is 11.2. The maximum atomic E-state index is 13.7. The van der Waals surface area contributed by atoms with Crippen molar-refractivity contribution >= 4 is 5.91 Å². The summed E-state index contributed by atoms with van der Waals surface area (Å²) in [7, 11) is 1.99. The molecule has 0 spiro atoms. The van der Waals surface area contributed by atoms with E-state index in [0.29, 0.717) is 6.54 Å². The molecule has 0 bridgehead atoms. The molecule has 1 unspecified atom stereocenters. The van der Waals surface area contributed by atoms with Gasteiger partial charge < -0.3 is 9.80 Å². The fourth-order valence-corrected chi connectivity index (χ4v) is 2.50. The second-order valence-corrected chi connectivity index (χ2v) is 5.06. The molecule has 104 valence electrons. The van der Waals surface area contributed by atoms with Gasteiger partial charge >= 0.3 is 0 Å². The van der Waals surface area contributed by atoms with E-state index in [2.05, 4.69) is 4.90 Å². The third-order valence-electron chi connectivity index (χ3n) is 3.49. The maximum absolute atomic E-state index is 13.7. The van der Waals surface area contributed by atoms with Crippen LogP contribution in [0.1, 0.15) is 23.7 Å². The number of halogens is 2. The van der Waals surface area contributed by atoms with Crippen LogP contribution in [0.2, 0.25) is 0 Å². The largest absolute Gasteiger partial charge is 0.335 e. The smallest absolute Gasteiger partial charge is 0.257 e. The number of rotatable bonds is 1. The molecular weight excluding hydrogens is 250 g/mol. The molecule has 1 atom stereocenters. The summed E-state index contributed by atoms with van der Waals surface area (Å²) in [6.07, 6.45) is 0.837. The van der Waals surface area contributed by atoms with Gasteiger partial charge in [0.05, 0.1) is 5.56 Å². The van der Waals surface area contributed by atoms with Gasteiger partial charge in [0.1, 0.15) is 0 Å². The first kappa shape index (κ1) is 13.9. The van der Waals surface area contributed by atoms with Crippen molar-refractivity contribution in [1.82, 2.24) is 9.80 Å². The first-order valence-electron chi connectivity index (χ1n) is 6.44. The van der Waals surface area contributed by atoms with Crippen molar-refractivity contribution in [2.45, 2.75) is 19.4 Å². The summed E-state index contributed by atoms with van der Waals surface area (Å²) in [5, 5.41) is 0. The summed E-state index contributed by atoms with van der Waals surface area (Å²) < 4.78 is 26.9. The second-order valence-electron chi connectivity index (χ2n) is 5.06. The third-order valence-corrected chi connectivity index (χ3v) is 3.49. The SMILES string of the molecule is CC1CN(C)CCCN1C(=O)c1cccc(F)c1F.